The fraction of sp³-hybridized carbons (Fsp3) is 0. The van der Waals surface area contributed by atoms with Crippen LogP contribution in [0.5, 0.6) is 0 Å². The van der Waals surface area contributed by atoms with Crippen molar-refractivity contribution in [1.29, 1.82) is 0 Å². The van der Waals surface area contributed by atoms with Crippen molar-refractivity contribution < 1.29 is 15.2 Å². The Hall–Kier alpha value is -2.37. The molecule has 0 aliphatic carbocycles. The number of carbonyl (C=O) groups excluding carboxylic acids is 1. The van der Waals surface area contributed by atoms with Crippen molar-refractivity contribution in [3.05, 3.63) is 60.2 Å². The van der Waals surface area contributed by atoms with Crippen LogP contribution in [0.3, 0.4) is 0 Å². The minimum Gasteiger partial charge on any atom is -0.322 e. The van der Waals surface area contributed by atoms with Crippen molar-refractivity contribution in [1.82, 2.24) is 0 Å². The quantitative estimate of drug-likeness (QED) is 0.725. The summed E-state index contributed by atoms with van der Waals surface area (Å²) in [6.07, 6.45) is 0. The number of benzene rings is 2. The first kappa shape index (κ1) is 12.1. The van der Waals surface area contributed by atoms with Gasteiger partial charge in [0.05, 0.1) is 5.69 Å². The van der Waals surface area contributed by atoms with E-state index in [2.05, 4.69) is 5.32 Å². The third-order valence-corrected chi connectivity index (χ3v) is 2.37. The van der Waals surface area contributed by atoms with E-state index in [-0.39, 0.29) is 16.8 Å². The Morgan fingerprint density at radius 2 is 1.72 bits per heavy atom. The lowest BCUT2D eigenvalue weighted by Crippen LogP contribution is -2.14. The topological polar surface area (TPSA) is 72.8 Å². The van der Waals surface area contributed by atoms with E-state index < -0.39 is 0 Å². The van der Waals surface area contributed by atoms with Gasteiger partial charge in [0.2, 0.25) is 0 Å². The molecule has 1 amide bonds. The largest absolute Gasteiger partial charge is 0.322 e. The fourth-order valence-corrected chi connectivity index (χ4v) is 1.50. The minimum absolute atomic E-state index is 0.00181. The Morgan fingerprint density at radius 1 is 1.00 bits per heavy atom. The number of nitrogens with one attached hydrogen (secondary N) is 1. The molecule has 0 unspecified atom stereocenters. The van der Waals surface area contributed by atoms with Gasteiger partial charge in [-0.05, 0) is 30.3 Å². The molecule has 0 aromatic heterocycles. The summed E-state index contributed by atoms with van der Waals surface area (Å²) in [7, 11) is 0. The predicted molar refractivity (Wildman–Crippen MR) is 66.9 cm³/mol. The molecule has 0 atom stereocenters. The van der Waals surface area contributed by atoms with E-state index in [0.29, 0.717) is 11.3 Å². The molecule has 0 aliphatic heterocycles. The first-order valence-electron chi connectivity index (χ1n) is 5.31. The third-order valence-electron chi connectivity index (χ3n) is 2.37. The van der Waals surface area contributed by atoms with Crippen molar-refractivity contribution >= 4 is 17.3 Å². The SMILES string of the molecule is O=C(Nc1cccc(N(O)O)c1)c1ccccc1. The maximum Gasteiger partial charge on any atom is 0.255 e. The molecule has 5 nitrogen and oxygen atoms in total. The van der Waals surface area contributed by atoms with Gasteiger partial charge in [0.1, 0.15) is 0 Å². The van der Waals surface area contributed by atoms with E-state index in [1.54, 1.807) is 36.4 Å². The molecule has 2 rings (SSSR count). The van der Waals surface area contributed by atoms with Gasteiger partial charge in [-0.2, -0.15) is 0 Å². The van der Waals surface area contributed by atoms with E-state index in [1.807, 2.05) is 6.07 Å². The van der Waals surface area contributed by atoms with Crippen LogP contribution in [0.4, 0.5) is 11.4 Å². The van der Waals surface area contributed by atoms with E-state index in [0.717, 1.165) is 0 Å². The zero-order valence-electron chi connectivity index (χ0n) is 9.45. The fourth-order valence-electron chi connectivity index (χ4n) is 1.50. The Morgan fingerprint density at radius 3 is 2.39 bits per heavy atom. The molecule has 0 heterocycles. The highest BCUT2D eigenvalue weighted by Gasteiger charge is 2.06. The Balaban J connectivity index is 2.15. The van der Waals surface area contributed by atoms with Crippen LogP contribution in [0.1, 0.15) is 10.4 Å². The molecule has 0 radical (unpaired) electrons. The van der Waals surface area contributed by atoms with Crippen LogP contribution in [0, 0.1) is 0 Å². The maximum absolute atomic E-state index is 11.8. The van der Waals surface area contributed by atoms with Crippen LogP contribution in [-0.4, -0.2) is 16.3 Å². The summed E-state index contributed by atoms with van der Waals surface area (Å²) in [5.41, 5.74) is 1.18. The van der Waals surface area contributed by atoms with Crippen molar-refractivity contribution in [3.8, 4) is 0 Å². The monoisotopic (exact) mass is 244 g/mol. The lowest BCUT2D eigenvalue weighted by molar-refractivity contribution is 0.0292. The van der Waals surface area contributed by atoms with Crippen LogP contribution in [0.15, 0.2) is 54.6 Å². The minimum atomic E-state index is -0.254. The molecular weight excluding hydrogens is 232 g/mol. The van der Waals surface area contributed by atoms with Gasteiger partial charge in [-0.3, -0.25) is 15.2 Å². The van der Waals surface area contributed by atoms with Gasteiger partial charge in [-0.1, -0.05) is 24.3 Å². The van der Waals surface area contributed by atoms with Gasteiger partial charge in [0.25, 0.3) is 5.91 Å². The third kappa shape index (κ3) is 2.85. The van der Waals surface area contributed by atoms with Crippen molar-refractivity contribution in [2.75, 3.05) is 10.5 Å². The molecule has 2 aromatic rings. The van der Waals surface area contributed by atoms with Crippen LogP contribution in [-0.2, 0) is 0 Å². The van der Waals surface area contributed by atoms with Gasteiger partial charge in [-0.15, -0.1) is 5.23 Å². The highest BCUT2D eigenvalue weighted by Crippen LogP contribution is 2.17. The van der Waals surface area contributed by atoms with E-state index >= 15 is 0 Å². The molecule has 5 heteroatoms. The van der Waals surface area contributed by atoms with Crippen molar-refractivity contribution in [2.24, 2.45) is 0 Å². The summed E-state index contributed by atoms with van der Waals surface area (Å²) < 4.78 is 0. The van der Waals surface area contributed by atoms with Crippen molar-refractivity contribution in [2.45, 2.75) is 0 Å². The summed E-state index contributed by atoms with van der Waals surface area (Å²) in [4.78, 5) is 11.8. The Bertz CT molecular complexity index is 541. The molecule has 92 valence electrons. The smallest absolute Gasteiger partial charge is 0.255 e. The predicted octanol–water partition coefficient (Wildman–Crippen LogP) is 2.52. The molecular formula is C13H12N2O3. The highest BCUT2D eigenvalue weighted by atomic mass is 16.8. The molecule has 0 aliphatic rings. The summed E-state index contributed by atoms with van der Waals surface area (Å²) >= 11 is 0. The number of nitrogens with zero attached hydrogens (tertiary/aromatic N) is 1. The van der Waals surface area contributed by atoms with Crippen LogP contribution >= 0.6 is 0 Å². The molecule has 3 N–H and O–H groups in total. The second kappa shape index (κ2) is 5.31. The van der Waals surface area contributed by atoms with E-state index in [4.69, 9.17) is 10.4 Å². The summed E-state index contributed by atoms with van der Waals surface area (Å²) in [5.74, 6) is -0.254. The highest BCUT2D eigenvalue weighted by molar-refractivity contribution is 6.04. The number of rotatable bonds is 3. The number of hydrogen-bond acceptors (Lipinski definition) is 4. The Kier molecular flexibility index (Phi) is 3.57. The van der Waals surface area contributed by atoms with Crippen LogP contribution in [0.25, 0.3) is 0 Å². The van der Waals surface area contributed by atoms with Crippen molar-refractivity contribution in [3.63, 3.8) is 0 Å². The molecule has 0 bridgehead atoms. The number of amides is 1. The second-order valence-corrected chi connectivity index (χ2v) is 3.66. The lowest BCUT2D eigenvalue weighted by Gasteiger charge is -2.10. The van der Waals surface area contributed by atoms with E-state index in [9.17, 15) is 4.79 Å². The molecule has 18 heavy (non-hydrogen) atoms. The van der Waals surface area contributed by atoms with Gasteiger partial charge >= 0.3 is 0 Å². The van der Waals surface area contributed by atoms with Gasteiger partial charge in [0.15, 0.2) is 0 Å². The van der Waals surface area contributed by atoms with Gasteiger partial charge < -0.3 is 5.32 Å². The van der Waals surface area contributed by atoms with E-state index in [1.165, 1.54) is 12.1 Å². The van der Waals surface area contributed by atoms with Crippen LogP contribution < -0.4 is 10.5 Å². The van der Waals surface area contributed by atoms with Gasteiger partial charge in [-0.25, -0.2) is 0 Å². The molecule has 0 saturated heterocycles. The Labute approximate surface area is 104 Å². The molecule has 0 saturated carbocycles. The number of anilines is 2. The average Bonchev–Trinajstić information content (AvgIpc) is 2.40. The standard InChI is InChI=1S/C13H12N2O3/c16-13(10-5-2-1-3-6-10)14-11-7-4-8-12(9-11)15(17)18/h1-9,17-18H,(H,14,16). The zero-order chi connectivity index (χ0) is 13.0. The summed E-state index contributed by atoms with van der Waals surface area (Å²) in [6.45, 7) is 0. The number of carbonyl (C=O) groups is 1. The molecule has 0 fully saturated rings. The first-order valence-corrected chi connectivity index (χ1v) is 5.31. The van der Waals surface area contributed by atoms with Gasteiger partial charge in [0, 0.05) is 11.3 Å². The molecule has 2 aromatic carbocycles. The normalized spacial score (nSPS) is 9.89. The van der Waals surface area contributed by atoms with Crippen LogP contribution in [0.2, 0.25) is 0 Å². The number of hydrogen-bond donors (Lipinski definition) is 3. The molecule has 0 spiro atoms. The average molecular weight is 244 g/mol. The lowest BCUT2D eigenvalue weighted by atomic mass is 10.2. The second-order valence-electron chi connectivity index (χ2n) is 3.66. The summed E-state index contributed by atoms with van der Waals surface area (Å²) in [5, 5.41) is 20.4. The maximum atomic E-state index is 11.8. The first-order chi connectivity index (χ1) is 8.66. The zero-order valence-corrected chi connectivity index (χ0v) is 9.45. The summed E-state index contributed by atoms with van der Waals surface area (Å²) in [6, 6.07) is 15.0.